The third kappa shape index (κ3) is 2.68. The number of benzene rings is 2. The lowest BCUT2D eigenvalue weighted by atomic mass is 9.83. The number of unbranched alkanes of at least 4 members (excludes halogenated alkanes) is 1. The van der Waals surface area contributed by atoms with Crippen molar-refractivity contribution in [1.29, 1.82) is 0 Å². The van der Waals surface area contributed by atoms with Gasteiger partial charge in [-0.3, -0.25) is 9.59 Å². The van der Waals surface area contributed by atoms with Crippen LogP contribution < -0.4 is 5.32 Å². The van der Waals surface area contributed by atoms with E-state index in [-0.39, 0.29) is 11.6 Å². The number of carbonyl (C=O) groups excluding carboxylic acids is 2. The van der Waals surface area contributed by atoms with E-state index in [1.807, 2.05) is 24.3 Å². The molecule has 0 saturated heterocycles. The van der Waals surface area contributed by atoms with Crippen LogP contribution >= 0.6 is 11.8 Å². The number of carbonyl (C=O) groups is 2. The van der Waals surface area contributed by atoms with Crippen molar-refractivity contribution in [2.24, 2.45) is 0 Å². The molecule has 0 saturated carbocycles. The van der Waals surface area contributed by atoms with E-state index >= 15 is 0 Å². The molecule has 3 nitrogen and oxygen atoms in total. The van der Waals surface area contributed by atoms with Crippen molar-refractivity contribution < 1.29 is 9.59 Å². The molecule has 0 aromatic heterocycles. The third-order valence-electron chi connectivity index (χ3n) is 4.06. The number of hydrogen-bond donors (Lipinski definition) is 1. The molecular weight excluding hydrogens is 306 g/mol. The minimum Gasteiger partial charge on any atom is -0.388 e. The van der Waals surface area contributed by atoms with Gasteiger partial charge in [0.15, 0.2) is 11.6 Å². The van der Waals surface area contributed by atoms with Crippen molar-refractivity contribution in [2.45, 2.75) is 24.7 Å². The Labute approximate surface area is 140 Å². The highest BCUT2D eigenvalue weighted by Gasteiger charge is 2.33. The summed E-state index contributed by atoms with van der Waals surface area (Å²) in [6.45, 7) is 2.14. The number of ketones is 2. The number of fused-ring (bicyclic) bond motifs is 2. The molecule has 118 valence electrons. The molecule has 0 amide bonds. The highest BCUT2D eigenvalue weighted by Crippen LogP contribution is 2.36. The molecule has 1 aliphatic carbocycles. The van der Waals surface area contributed by atoms with Gasteiger partial charge in [0.1, 0.15) is 0 Å². The Bertz CT molecular complexity index is 783. The van der Waals surface area contributed by atoms with Gasteiger partial charge < -0.3 is 5.32 Å². The molecule has 2 aromatic rings. The van der Waals surface area contributed by atoms with Crippen molar-refractivity contribution in [2.75, 3.05) is 18.1 Å². The first-order chi connectivity index (χ1) is 11.2. The number of hydrogen-bond acceptors (Lipinski definition) is 4. The quantitative estimate of drug-likeness (QED) is 0.558. The molecule has 3 rings (SSSR count). The minimum atomic E-state index is -0.0718. The smallest absolute Gasteiger partial charge is 0.196 e. The average molecular weight is 325 g/mol. The van der Waals surface area contributed by atoms with Crippen LogP contribution in [-0.2, 0) is 0 Å². The number of anilines is 1. The van der Waals surface area contributed by atoms with Crippen LogP contribution in [0.25, 0.3) is 0 Å². The first kappa shape index (κ1) is 15.8. The number of nitrogens with one attached hydrogen (secondary N) is 1. The minimum absolute atomic E-state index is 0.0497. The second-order valence-corrected chi connectivity index (χ2v) is 6.65. The predicted molar refractivity (Wildman–Crippen MR) is 94.9 cm³/mol. The molecule has 1 N–H and O–H groups in total. The van der Waals surface area contributed by atoms with E-state index in [2.05, 4.69) is 12.2 Å². The number of rotatable bonds is 5. The highest BCUT2D eigenvalue weighted by molar-refractivity contribution is 7.99. The lowest BCUT2D eigenvalue weighted by Crippen LogP contribution is -2.23. The maximum atomic E-state index is 13.0. The summed E-state index contributed by atoms with van der Waals surface area (Å²) in [6.07, 6.45) is 2.21. The predicted octanol–water partition coefficient (Wildman–Crippen LogP) is 4.40. The zero-order valence-electron chi connectivity index (χ0n) is 13.3. The van der Waals surface area contributed by atoms with Gasteiger partial charge in [0.25, 0.3) is 0 Å². The summed E-state index contributed by atoms with van der Waals surface area (Å²) >= 11 is 1.66. The monoisotopic (exact) mass is 325 g/mol. The van der Waals surface area contributed by atoms with Crippen LogP contribution in [-0.4, -0.2) is 24.4 Å². The Morgan fingerprint density at radius 1 is 0.957 bits per heavy atom. The molecule has 23 heavy (non-hydrogen) atoms. The topological polar surface area (TPSA) is 46.2 Å². The van der Waals surface area contributed by atoms with Crippen LogP contribution in [0.2, 0.25) is 0 Å². The fourth-order valence-electron chi connectivity index (χ4n) is 2.87. The molecule has 0 spiro atoms. The average Bonchev–Trinajstić information content (AvgIpc) is 2.59. The molecule has 4 heteroatoms. The van der Waals surface area contributed by atoms with Gasteiger partial charge in [0.2, 0.25) is 0 Å². The fraction of sp³-hybridized carbons (Fsp3) is 0.263. The summed E-state index contributed by atoms with van der Waals surface area (Å²) in [6, 6.07) is 11.0. The van der Waals surface area contributed by atoms with E-state index in [0.29, 0.717) is 27.9 Å². The standard InChI is InChI=1S/C19H19NO2S/c1-3-4-11-23-15-10-6-8-13-17(15)19(22)12-7-5-9-14(20-2)16(12)18(13)21/h5-10,20H,3-4,11H2,1-2H3. The molecule has 0 unspecified atom stereocenters. The normalized spacial score (nSPS) is 12.8. The summed E-state index contributed by atoms with van der Waals surface area (Å²) in [4.78, 5) is 26.8. The van der Waals surface area contributed by atoms with Crippen LogP contribution in [0.15, 0.2) is 41.3 Å². The van der Waals surface area contributed by atoms with Crippen LogP contribution in [0.3, 0.4) is 0 Å². The Balaban J connectivity index is 2.11. The van der Waals surface area contributed by atoms with Gasteiger partial charge in [-0.25, -0.2) is 0 Å². The molecule has 2 aromatic carbocycles. The second-order valence-electron chi connectivity index (χ2n) is 5.52. The summed E-state index contributed by atoms with van der Waals surface area (Å²) in [5, 5.41) is 3.02. The van der Waals surface area contributed by atoms with Gasteiger partial charge in [0, 0.05) is 34.3 Å². The molecule has 0 bridgehead atoms. The van der Waals surface area contributed by atoms with Crippen LogP contribution in [0.1, 0.15) is 51.6 Å². The zero-order valence-corrected chi connectivity index (χ0v) is 14.1. The molecular formula is C19H19NO2S. The first-order valence-electron chi connectivity index (χ1n) is 7.85. The van der Waals surface area contributed by atoms with Gasteiger partial charge >= 0.3 is 0 Å². The van der Waals surface area contributed by atoms with Crippen molar-refractivity contribution in [1.82, 2.24) is 0 Å². The summed E-state index contributed by atoms with van der Waals surface area (Å²) in [7, 11) is 1.76. The fourth-order valence-corrected chi connectivity index (χ4v) is 4.04. The summed E-state index contributed by atoms with van der Waals surface area (Å²) in [5.41, 5.74) is 2.78. The molecule has 1 aliphatic rings. The van der Waals surface area contributed by atoms with Crippen molar-refractivity contribution >= 4 is 29.0 Å². The van der Waals surface area contributed by atoms with E-state index in [9.17, 15) is 9.59 Å². The van der Waals surface area contributed by atoms with Crippen molar-refractivity contribution in [3.63, 3.8) is 0 Å². The number of thioether (sulfide) groups is 1. The Kier molecular flexibility index (Phi) is 4.53. The zero-order chi connectivity index (χ0) is 16.4. The summed E-state index contributed by atoms with van der Waals surface area (Å²) < 4.78 is 0. The molecule has 0 radical (unpaired) electrons. The lowest BCUT2D eigenvalue weighted by Gasteiger charge is -2.22. The highest BCUT2D eigenvalue weighted by atomic mass is 32.2. The lowest BCUT2D eigenvalue weighted by molar-refractivity contribution is 0.0977. The van der Waals surface area contributed by atoms with Crippen LogP contribution in [0.4, 0.5) is 5.69 Å². The van der Waals surface area contributed by atoms with Gasteiger partial charge in [-0.1, -0.05) is 37.6 Å². The Morgan fingerprint density at radius 2 is 1.61 bits per heavy atom. The maximum Gasteiger partial charge on any atom is 0.196 e. The molecule has 0 atom stereocenters. The Hall–Kier alpha value is -2.07. The summed E-state index contributed by atoms with van der Waals surface area (Å²) in [5.74, 6) is 0.835. The Morgan fingerprint density at radius 3 is 2.30 bits per heavy atom. The first-order valence-corrected chi connectivity index (χ1v) is 8.83. The molecule has 0 aliphatic heterocycles. The van der Waals surface area contributed by atoms with E-state index < -0.39 is 0 Å². The van der Waals surface area contributed by atoms with Gasteiger partial charge in [-0.2, -0.15) is 0 Å². The van der Waals surface area contributed by atoms with Gasteiger partial charge in [-0.15, -0.1) is 11.8 Å². The molecule has 0 fully saturated rings. The second kappa shape index (κ2) is 6.59. The maximum absolute atomic E-state index is 13.0. The van der Waals surface area contributed by atoms with Crippen molar-refractivity contribution in [3.8, 4) is 0 Å². The van der Waals surface area contributed by atoms with Crippen LogP contribution in [0, 0.1) is 0 Å². The third-order valence-corrected chi connectivity index (χ3v) is 5.20. The van der Waals surface area contributed by atoms with E-state index in [4.69, 9.17) is 0 Å². The van der Waals surface area contributed by atoms with E-state index in [0.717, 1.165) is 23.5 Å². The largest absolute Gasteiger partial charge is 0.388 e. The van der Waals surface area contributed by atoms with E-state index in [1.54, 1.807) is 30.9 Å². The molecule has 0 heterocycles. The van der Waals surface area contributed by atoms with Gasteiger partial charge in [0.05, 0.1) is 5.56 Å². The SMILES string of the molecule is CCCCSc1cccc2c1C(=O)c1cccc(NC)c1C2=O. The van der Waals surface area contributed by atoms with Crippen molar-refractivity contribution in [3.05, 3.63) is 58.7 Å². The van der Waals surface area contributed by atoms with Gasteiger partial charge in [-0.05, 0) is 24.3 Å². The van der Waals surface area contributed by atoms with E-state index in [1.165, 1.54) is 0 Å². The van der Waals surface area contributed by atoms with Crippen LogP contribution in [0.5, 0.6) is 0 Å².